The van der Waals surface area contributed by atoms with E-state index in [9.17, 15) is 13.6 Å². The molecule has 0 fully saturated rings. The highest BCUT2D eigenvalue weighted by Crippen LogP contribution is 2.32. The van der Waals surface area contributed by atoms with Crippen LogP contribution in [-0.2, 0) is 10.7 Å². The second kappa shape index (κ2) is 4.44. The van der Waals surface area contributed by atoms with Crippen molar-refractivity contribution in [3.8, 4) is 5.75 Å². The SMILES string of the molecule is COc1cccc(C(F)(F)C(N)C(=O)O)c1. The number of carboxylic acid groups (broad SMARTS) is 1. The molecule has 0 saturated carbocycles. The van der Waals surface area contributed by atoms with Gasteiger partial charge >= 0.3 is 5.97 Å². The van der Waals surface area contributed by atoms with Gasteiger partial charge in [0, 0.05) is 5.56 Å². The fourth-order valence-electron chi connectivity index (χ4n) is 1.17. The number of hydrogen-bond acceptors (Lipinski definition) is 3. The Morgan fingerprint density at radius 1 is 1.56 bits per heavy atom. The Balaban J connectivity index is 3.10. The molecule has 3 N–H and O–H groups in total. The van der Waals surface area contributed by atoms with Gasteiger partial charge in [-0.05, 0) is 12.1 Å². The van der Waals surface area contributed by atoms with E-state index in [0.29, 0.717) is 0 Å². The molecule has 1 aromatic rings. The third-order valence-electron chi connectivity index (χ3n) is 2.11. The first kappa shape index (κ1) is 12.4. The standard InChI is InChI=1S/C10H11F2NO3/c1-16-7-4-2-3-6(5-7)10(11,12)8(13)9(14)15/h2-5,8H,13H2,1H3,(H,14,15). The van der Waals surface area contributed by atoms with E-state index in [-0.39, 0.29) is 5.75 Å². The molecule has 0 heterocycles. The largest absolute Gasteiger partial charge is 0.497 e. The number of benzene rings is 1. The molecule has 88 valence electrons. The molecule has 4 nitrogen and oxygen atoms in total. The molecule has 1 unspecified atom stereocenters. The monoisotopic (exact) mass is 231 g/mol. The molecule has 1 atom stereocenters. The van der Waals surface area contributed by atoms with Crippen LogP contribution in [0.1, 0.15) is 5.56 Å². The van der Waals surface area contributed by atoms with Gasteiger partial charge in [-0.15, -0.1) is 0 Å². The summed E-state index contributed by atoms with van der Waals surface area (Å²) in [4.78, 5) is 10.4. The van der Waals surface area contributed by atoms with Crippen molar-refractivity contribution in [2.45, 2.75) is 12.0 Å². The number of methoxy groups -OCH3 is 1. The fourth-order valence-corrected chi connectivity index (χ4v) is 1.17. The van der Waals surface area contributed by atoms with Crippen molar-refractivity contribution < 1.29 is 23.4 Å². The number of alkyl halides is 2. The van der Waals surface area contributed by atoms with Gasteiger partial charge in [-0.1, -0.05) is 12.1 Å². The minimum absolute atomic E-state index is 0.217. The molecule has 0 amide bonds. The van der Waals surface area contributed by atoms with Gasteiger partial charge in [0.25, 0.3) is 5.92 Å². The number of carboxylic acids is 1. The molecule has 0 spiro atoms. The maximum absolute atomic E-state index is 13.6. The van der Waals surface area contributed by atoms with Crippen LogP contribution in [0, 0.1) is 0 Å². The molecule has 0 radical (unpaired) electrons. The number of hydrogen-bond donors (Lipinski definition) is 2. The minimum Gasteiger partial charge on any atom is -0.497 e. The van der Waals surface area contributed by atoms with E-state index in [1.165, 1.54) is 19.2 Å². The van der Waals surface area contributed by atoms with Crippen LogP contribution in [0.2, 0.25) is 0 Å². The van der Waals surface area contributed by atoms with Crippen molar-refractivity contribution >= 4 is 5.97 Å². The smallest absolute Gasteiger partial charge is 0.327 e. The van der Waals surface area contributed by atoms with Gasteiger partial charge in [-0.3, -0.25) is 4.79 Å². The van der Waals surface area contributed by atoms with Crippen molar-refractivity contribution in [2.75, 3.05) is 7.11 Å². The quantitative estimate of drug-likeness (QED) is 0.816. The maximum atomic E-state index is 13.6. The van der Waals surface area contributed by atoms with Gasteiger partial charge in [-0.25, -0.2) is 0 Å². The lowest BCUT2D eigenvalue weighted by Crippen LogP contribution is -2.45. The van der Waals surface area contributed by atoms with E-state index in [1.807, 2.05) is 0 Å². The van der Waals surface area contributed by atoms with E-state index >= 15 is 0 Å². The predicted molar refractivity (Wildman–Crippen MR) is 52.5 cm³/mol. The summed E-state index contributed by atoms with van der Waals surface area (Å²) in [6, 6.07) is 2.70. The van der Waals surface area contributed by atoms with Crippen LogP contribution < -0.4 is 10.5 Å². The molecule has 0 aliphatic heterocycles. The van der Waals surface area contributed by atoms with E-state index in [0.717, 1.165) is 12.1 Å². The van der Waals surface area contributed by atoms with Crippen LogP contribution in [0.25, 0.3) is 0 Å². The third-order valence-corrected chi connectivity index (χ3v) is 2.11. The van der Waals surface area contributed by atoms with Crippen molar-refractivity contribution in [2.24, 2.45) is 5.73 Å². The van der Waals surface area contributed by atoms with Crippen molar-refractivity contribution in [3.05, 3.63) is 29.8 Å². The molecule has 0 bridgehead atoms. The third kappa shape index (κ3) is 2.27. The number of carbonyl (C=O) groups is 1. The summed E-state index contributed by atoms with van der Waals surface area (Å²) < 4.78 is 31.9. The normalized spacial score (nSPS) is 13.2. The molecule has 1 aromatic carbocycles. The van der Waals surface area contributed by atoms with E-state index in [4.69, 9.17) is 15.6 Å². The highest BCUT2D eigenvalue weighted by Gasteiger charge is 2.43. The molecule has 1 rings (SSSR count). The highest BCUT2D eigenvalue weighted by atomic mass is 19.3. The average Bonchev–Trinajstić information content (AvgIpc) is 2.27. The van der Waals surface area contributed by atoms with E-state index in [2.05, 4.69) is 0 Å². The second-order valence-corrected chi connectivity index (χ2v) is 3.17. The molecular formula is C10H11F2NO3. The van der Waals surface area contributed by atoms with Crippen molar-refractivity contribution in [3.63, 3.8) is 0 Å². The Hall–Kier alpha value is -1.69. The van der Waals surface area contributed by atoms with Crippen LogP contribution in [0.4, 0.5) is 8.78 Å². The zero-order chi connectivity index (χ0) is 12.3. The Morgan fingerprint density at radius 3 is 2.69 bits per heavy atom. The van der Waals surface area contributed by atoms with Gasteiger partial charge in [0.05, 0.1) is 7.11 Å². The Labute approximate surface area is 90.6 Å². The number of ether oxygens (including phenoxy) is 1. The first-order chi connectivity index (χ1) is 7.39. The predicted octanol–water partition coefficient (Wildman–Crippen LogP) is 1.20. The Morgan fingerprint density at radius 2 is 2.19 bits per heavy atom. The number of halogens is 2. The van der Waals surface area contributed by atoms with E-state index < -0.39 is 23.5 Å². The summed E-state index contributed by atoms with van der Waals surface area (Å²) in [6.07, 6.45) is 0. The lowest BCUT2D eigenvalue weighted by Gasteiger charge is -2.20. The maximum Gasteiger partial charge on any atom is 0.327 e. The van der Waals surface area contributed by atoms with Crippen molar-refractivity contribution in [1.29, 1.82) is 0 Å². The van der Waals surface area contributed by atoms with Gasteiger partial charge in [0.15, 0.2) is 6.04 Å². The van der Waals surface area contributed by atoms with Crippen molar-refractivity contribution in [1.82, 2.24) is 0 Å². The topological polar surface area (TPSA) is 72.5 Å². The number of nitrogens with two attached hydrogens (primary N) is 1. The van der Waals surface area contributed by atoms with Crippen LogP contribution >= 0.6 is 0 Å². The lowest BCUT2D eigenvalue weighted by molar-refractivity contribution is -0.149. The summed E-state index contributed by atoms with van der Waals surface area (Å²) in [7, 11) is 1.33. The summed E-state index contributed by atoms with van der Waals surface area (Å²) in [6.45, 7) is 0. The second-order valence-electron chi connectivity index (χ2n) is 3.17. The molecule has 0 aliphatic rings. The van der Waals surface area contributed by atoms with Gasteiger partial charge in [0.2, 0.25) is 0 Å². The van der Waals surface area contributed by atoms with E-state index in [1.54, 1.807) is 0 Å². The van der Waals surface area contributed by atoms with Crippen LogP contribution in [-0.4, -0.2) is 24.2 Å². The summed E-state index contributed by atoms with van der Waals surface area (Å²) in [5.41, 5.74) is 4.44. The summed E-state index contributed by atoms with van der Waals surface area (Å²) in [5.74, 6) is -5.18. The number of aliphatic carboxylic acids is 1. The highest BCUT2D eigenvalue weighted by molar-refractivity contribution is 5.75. The van der Waals surface area contributed by atoms with Crippen LogP contribution in [0.5, 0.6) is 5.75 Å². The molecule has 16 heavy (non-hydrogen) atoms. The first-order valence-corrected chi connectivity index (χ1v) is 4.40. The summed E-state index contributed by atoms with van der Waals surface area (Å²) in [5, 5.41) is 8.47. The summed E-state index contributed by atoms with van der Waals surface area (Å²) >= 11 is 0. The van der Waals surface area contributed by atoms with Gasteiger partial charge in [0.1, 0.15) is 5.75 Å². The lowest BCUT2D eigenvalue weighted by atomic mass is 10.0. The minimum atomic E-state index is -3.64. The molecule has 0 aliphatic carbocycles. The van der Waals surface area contributed by atoms with Crippen LogP contribution in [0.3, 0.4) is 0 Å². The van der Waals surface area contributed by atoms with Gasteiger partial charge in [-0.2, -0.15) is 8.78 Å². The first-order valence-electron chi connectivity index (χ1n) is 4.40. The Kier molecular flexibility index (Phi) is 3.44. The zero-order valence-corrected chi connectivity index (χ0v) is 8.48. The molecule has 0 saturated heterocycles. The molecular weight excluding hydrogens is 220 g/mol. The van der Waals surface area contributed by atoms with Crippen LogP contribution in [0.15, 0.2) is 24.3 Å². The number of rotatable bonds is 4. The van der Waals surface area contributed by atoms with Gasteiger partial charge < -0.3 is 15.6 Å². The zero-order valence-electron chi connectivity index (χ0n) is 8.48. The average molecular weight is 231 g/mol. The molecule has 6 heteroatoms. The molecule has 0 aromatic heterocycles. The fraction of sp³-hybridized carbons (Fsp3) is 0.300. The Bertz CT molecular complexity index is 395.